The highest BCUT2D eigenvalue weighted by atomic mass is 16.3. The van der Waals surface area contributed by atoms with Crippen molar-refractivity contribution < 1.29 is 5.11 Å². The van der Waals surface area contributed by atoms with Gasteiger partial charge >= 0.3 is 0 Å². The van der Waals surface area contributed by atoms with Crippen LogP contribution in [0.15, 0.2) is 0 Å². The molecule has 0 aliphatic heterocycles. The Balaban J connectivity index is 3.54. The van der Waals surface area contributed by atoms with E-state index in [0.717, 1.165) is 12.8 Å². The van der Waals surface area contributed by atoms with E-state index < -0.39 is 0 Å². The Hall–Kier alpha value is -0.0400. The molecule has 0 saturated heterocycles. The van der Waals surface area contributed by atoms with Crippen molar-refractivity contribution >= 4 is 0 Å². The first-order valence-electron chi connectivity index (χ1n) is 4.51. The van der Waals surface area contributed by atoms with E-state index in [9.17, 15) is 5.11 Å². The molecule has 1 atom stereocenters. The standard InChI is InChI=1S/C10H22O/c1-8(2)9(11)6-7-10(3,4)5/h8-9,11H,6-7H2,1-5H3. The van der Waals surface area contributed by atoms with Crippen LogP contribution >= 0.6 is 0 Å². The fraction of sp³-hybridized carbons (Fsp3) is 1.00. The lowest BCUT2D eigenvalue weighted by molar-refractivity contribution is 0.102. The van der Waals surface area contributed by atoms with Crippen molar-refractivity contribution in [2.75, 3.05) is 0 Å². The Morgan fingerprint density at radius 1 is 1.18 bits per heavy atom. The van der Waals surface area contributed by atoms with E-state index in [1.165, 1.54) is 0 Å². The van der Waals surface area contributed by atoms with Crippen LogP contribution in [0.3, 0.4) is 0 Å². The molecule has 0 aromatic carbocycles. The molecule has 0 aromatic rings. The van der Waals surface area contributed by atoms with Crippen LogP contribution < -0.4 is 0 Å². The van der Waals surface area contributed by atoms with Gasteiger partial charge in [0.2, 0.25) is 0 Å². The van der Waals surface area contributed by atoms with Crippen molar-refractivity contribution in [3.8, 4) is 0 Å². The maximum Gasteiger partial charge on any atom is 0.0563 e. The van der Waals surface area contributed by atoms with Gasteiger partial charge in [-0.2, -0.15) is 0 Å². The Morgan fingerprint density at radius 3 is 1.91 bits per heavy atom. The zero-order valence-corrected chi connectivity index (χ0v) is 8.52. The van der Waals surface area contributed by atoms with Crippen LogP contribution in [0.25, 0.3) is 0 Å². The minimum Gasteiger partial charge on any atom is -0.393 e. The van der Waals surface area contributed by atoms with Gasteiger partial charge in [-0.3, -0.25) is 0 Å². The smallest absolute Gasteiger partial charge is 0.0563 e. The molecule has 0 bridgehead atoms. The molecule has 0 heterocycles. The second kappa shape index (κ2) is 4.10. The largest absolute Gasteiger partial charge is 0.393 e. The van der Waals surface area contributed by atoms with Crippen LogP contribution in [0.4, 0.5) is 0 Å². The highest BCUT2D eigenvalue weighted by Gasteiger charge is 2.15. The summed E-state index contributed by atoms with van der Waals surface area (Å²) in [6, 6.07) is 0. The first-order chi connectivity index (χ1) is 4.83. The summed E-state index contributed by atoms with van der Waals surface area (Å²) in [6.07, 6.45) is 1.92. The predicted molar refractivity (Wildman–Crippen MR) is 49.5 cm³/mol. The van der Waals surface area contributed by atoms with Crippen molar-refractivity contribution in [3.63, 3.8) is 0 Å². The van der Waals surface area contributed by atoms with Gasteiger partial charge in [-0.1, -0.05) is 34.6 Å². The Morgan fingerprint density at radius 2 is 1.64 bits per heavy atom. The quantitative estimate of drug-likeness (QED) is 0.669. The minimum atomic E-state index is -0.116. The second-order valence-corrected chi connectivity index (χ2v) is 4.91. The zero-order chi connectivity index (χ0) is 9.07. The minimum absolute atomic E-state index is 0.116. The molecule has 11 heavy (non-hydrogen) atoms. The van der Waals surface area contributed by atoms with Gasteiger partial charge < -0.3 is 5.11 Å². The molecule has 0 amide bonds. The van der Waals surface area contributed by atoms with Gasteiger partial charge in [0, 0.05) is 0 Å². The molecule has 0 aliphatic carbocycles. The summed E-state index contributed by atoms with van der Waals surface area (Å²) < 4.78 is 0. The van der Waals surface area contributed by atoms with Gasteiger partial charge in [0.15, 0.2) is 0 Å². The topological polar surface area (TPSA) is 20.2 Å². The first kappa shape index (κ1) is 11.0. The fourth-order valence-electron chi connectivity index (χ4n) is 0.914. The van der Waals surface area contributed by atoms with Crippen LogP contribution in [0, 0.1) is 11.3 Å². The van der Waals surface area contributed by atoms with E-state index in [1.54, 1.807) is 0 Å². The highest BCUT2D eigenvalue weighted by Crippen LogP contribution is 2.23. The van der Waals surface area contributed by atoms with Gasteiger partial charge in [-0.25, -0.2) is 0 Å². The van der Waals surface area contributed by atoms with Crippen molar-refractivity contribution in [2.24, 2.45) is 11.3 Å². The summed E-state index contributed by atoms with van der Waals surface area (Å²) >= 11 is 0. The summed E-state index contributed by atoms with van der Waals surface area (Å²) in [5, 5.41) is 9.49. The molecule has 68 valence electrons. The van der Waals surface area contributed by atoms with E-state index in [1.807, 2.05) is 0 Å². The highest BCUT2D eigenvalue weighted by molar-refractivity contribution is 4.67. The lowest BCUT2D eigenvalue weighted by atomic mass is 9.87. The summed E-state index contributed by atoms with van der Waals surface area (Å²) in [5.74, 6) is 0.400. The van der Waals surface area contributed by atoms with Crippen molar-refractivity contribution in [2.45, 2.75) is 53.6 Å². The maximum atomic E-state index is 9.49. The normalized spacial score (nSPS) is 15.5. The van der Waals surface area contributed by atoms with Gasteiger partial charge in [-0.05, 0) is 24.2 Å². The molecular weight excluding hydrogens is 136 g/mol. The van der Waals surface area contributed by atoms with Crippen LogP contribution in [-0.2, 0) is 0 Å². The second-order valence-electron chi connectivity index (χ2n) is 4.91. The van der Waals surface area contributed by atoms with Crippen LogP contribution in [0.1, 0.15) is 47.5 Å². The SMILES string of the molecule is CC(C)C(O)CCC(C)(C)C. The van der Waals surface area contributed by atoms with Gasteiger partial charge in [-0.15, -0.1) is 0 Å². The Kier molecular flexibility index (Phi) is 4.09. The third kappa shape index (κ3) is 6.36. The van der Waals surface area contributed by atoms with E-state index in [4.69, 9.17) is 0 Å². The lowest BCUT2D eigenvalue weighted by Gasteiger charge is -2.21. The summed E-state index contributed by atoms with van der Waals surface area (Å²) in [7, 11) is 0. The monoisotopic (exact) mass is 158 g/mol. The number of aliphatic hydroxyl groups is 1. The third-order valence-corrected chi connectivity index (χ3v) is 1.96. The number of hydrogen-bond donors (Lipinski definition) is 1. The summed E-state index contributed by atoms with van der Waals surface area (Å²) in [5.41, 5.74) is 0.357. The van der Waals surface area contributed by atoms with E-state index in [-0.39, 0.29) is 6.10 Å². The molecule has 0 fully saturated rings. The molecule has 0 rings (SSSR count). The number of rotatable bonds is 3. The van der Waals surface area contributed by atoms with Crippen molar-refractivity contribution in [1.29, 1.82) is 0 Å². The molecule has 0 aromatic heterocycles. The Labute approximate surface area is 70.8 Å². The summed E-state index contributed by atoms with van der Waals surface area (Å²) in [6.45, 7) is 10.8. The van der Waals surface area contributed by atoms with Crippen LogP contribution in [0.5, 0.6) is 0 Å². The van der Waals surface area contributed by atoms with Crippen LogP contribution in [-0.4, -0.2) is 11.2 Å². The molecule has 1 N–H and O–H groups in total. The van der Waals surface area contributed by atoms with Gasteiger partial charge in [0.25, 0.3) is 0 Å². The molecule has 0 saturated carbocycles. The van der Waals surface area contributed by atoms with Crippen molar-refractivity contribution in [1.82, 2.24) is 0 Å². The van der Waals surface area contributed by atoms with Crippen molar-refractivity contribution in [3.05, 3.63) is 0 Å². The molecule has 0 spiro atoms. The van der Waals surface area contributed by atoms with Crippen LogP contribution in [0.2, 0.25) is 0 Å². The zero-order valence-electron chi connectivity index (χ0n) is 8.52. The van der Waals surface area contributed by atoms with Gasteiger partial charge in [0.1, 0.15) is 0 Å². The lowest BCUT2D eigenvalue weighted by Crippen LogP contribution is -2.17. The average Bonchev–Trinajstić information content (AvgIpc) is 1.80. The maximum absolute atomic E-state index is 9.49. The van der Waals surface area contributed by atoms with Gasteiger partial charge in [0.05, 0.1) is 6.10 Å². The number of aliphatic hydroxyl groups excluding tert-OH is 1. The average molecular weight is 158 g/mol. The van der Waals surface area contributed by atoms with E-state index in [2.05, 4.69) is 34.6 Å². The third-order valence-electron chi connectivity index (χ3n) is 1.96. The summed E-state index contributed by atoms with van der Waals surface area (Å²) in [4.78, 5) is 0. The number of hydrogen-bond acceptors (Lipinski definition) is 1. The first-order valence-corrected chi connectivity index (χ1v) is 4.51. The Bertz CT molecular complexity index is 99.9. The molecule has 1 unspecified atom stereocenters. The fourth-order valence-corrected chi connectivity index (χ4v) is 0.914. The molecule has 1 heteroatoms. The molecule has 0 radical (unpaired) electrons. The van der Waals surface area contributed by atoms with E-state index in [0.29, 0.717) is 11.3 Å². The molecule has 1 nitrogen and oxygen atoms in total. The van der Waals surface area contributed by atoms with E-state index >= 15 is 0 Å². The molecule has 0 aliphatic rings. The molecular formula is C10H22O. The predicted octanol–water partition coefficient (Wildman–Crippen LogP) is 2.83.